The number of amides is 1. The van der Waals surface area contributed by atoms with Crippen LogP contribution in [0.15, 0.2) is 77.7 Å². The van der Waals surface area contributed by atoms with Crippen LogP contribution < -0.4 is 15.4 Å². The number of ether oxygens (including phenoxy) is 1. The van der Waals surface area contributed by atoms with Crippen molar-refractivity contribution in [1.82, 2.24) is 15.5 Å². The van der Waals surface area contributed by atoms with Crippen LogP contribution in [-0.2, 0) is 34.1 Å². The van der Waals surface area contributed by atoms with Gasteiger partial charge in [0.15, 0.2) is 9.84 Å². The monoisotopic (exact) mass is 555 g/mol. The lowest BCUT2D eigenvalue weighted by molar-refractivity contribution is -0.125. The molecular weight excluding hydrogens is 522 g/mol. The van der Waals surface area contributed by atoms with Crippen molar-refractivity contribution < 1.29 is 17.9 Å². The molecule has 202 valence electrons. The van der Waals surface area contributed by atoms with Crippen molar-refractivity contribution in [2.75, 3.05) is 26.5 Å². The van der Waals surface area contributed by atoms with E-state index in [1.54, 1.807) is 31.4 Å². The van der Waals surface area contributed by atoms with Crippen LogP contribution in [0.4, 0.5) is 0 Å². The molecule has 0 saturated carbocycles. The minimum Gasteiger partial charge on any atom is -0.497 e. The Hall–Kier alpha value is -2.91. The van der Waals surface area contributed by atoms with E-state index in [2.05, 4.69) is 15.5 Å². The van der Waals surface area contributed by atoms with Crippen LogP contribution >= 0.6 is 11.6 Å². The maximum absolute atomic E-state index is 13.3. The summed E-state index contributed by atoms with van der Waals surface area (Å²) in [5, 5.41) is 7.38. The first-order valence-corrected chi connectivity index (χ1v) is 14.9. The molecule has 7 nitrogen and oxygen atoms in total. The van der Waals surface area contributed by atoms with Crippen LogP contribution in [0.5, 0.6) is 5.75 Å². The summed E-state index contributed by atoms with van der Waals surface area (Å²) >= 11 is 6.43. The third kappa shape index (κ3) is 7.57. The average molecular weight is 556 g/mol. The quantitative estimate of drug-likeness (QED) is 0.374. The Bertz CT molecular complexity index is 1330. The summed E-state index contributed by atoms with van der Waals surface area (Å²) in [6.07, 6.45) is 2.50. The zero-order valence-corrected chi connectivity index (χ0v) is 23.3. The lowest BCUT2D eigenvalue weighted by Crippen LogP contribution is -2.43. The smallest absolute Gasteiger partial charge is 0.237 e. The molecule has 1 saturated heterocycles. The van der Waals surface area contributed by atoms with Crippen LogP contribution in [0.1, 0.15) is 23.1 Å². The van der Waals surface area contributed by atoms with Gasteiger partial charge >= 0.3 is 0 Å². The highest BCUT2D eigenvalue weighted by Crippen LogP contribution is 2.25. The van der Waals surface area contributed by atoms with Crippen molar-refractivity contribution in [3.8, 4) is 5.75 Å². The molecule has 0 spiro atoms. The third-order valence-electron chi connectivity index (χ3n) is 6.86. The number of nitrogens with one attached hydrogen (secondary N) is 2. The summed E-state index contributed by atoms with van der Waals surface area (Å²) in [5.74, 6) is 0.808. The molecule has 0 aromatic heterocycles. The van der Waals surface area contributed by atoms with Gasteiger partial charge in [-0.05, 0) is 59.9 Å². The number of benzene rings is 3. The van der Waals surface area contributed by atoms with Crippen LogP contribution in [0, 0.1) is 0 Å². The number of rotatable bonds is 11. The normalized spacial score (nSPS) is 17.9. The molecule has 0 aliphatic carbocycles. The fourth-order valence-electron chi connectivity index (χ4n) is 4.70. The summed E-state index contributed by atoms with van der Waals surface area (Å²) in [7, 11) is -1.58. The van der Waals surface area contributed by atoms with Gasteiger partial charge < -0.3 is 15.4 Å². The Morgan fingerprint density at radius 2 is 1.71 bits per heavy atom. The number of carbonyl (C=O) groups excluding carboxylic acids is 1. The minimum atomic E-state index is -3.23. The summed E-state index contributed by atoms with van der Waals surface area (Å²) in [5.41, 5.74) is 3.11. The van der Waals surface area contributed by atoms with Gasteiger partial charge in [0, 0.05) is 43.5 Å². The first kappa shape index (κ1) is 28.1. The molecule has 0 unspecified atom stereocenters. The standard InChI is InChI=1S/C29H34ClN3O4S/c1-37-25-11-7-22(8-12-25)18-32-24-17-28(33(20-24)19-23-5-3-4-6-27(23)30)29(34)31-16-15-21-9-13-26(14-10-21)38(2,35)36/h3-14,24,28,32H,15-20H2,1-2H3,(H,31,34)/t24-,28-/m0/s1. The van der Waals surface area contributed by atoms with Crippen molar-refractivity contribution in [3.05, 3.63) is 94.5 Å². The molecule has 1 fully saturated rings. The van der Waals surface area contributed by atoms with E-state index < -0.39 is 9.84 Å². The average Bonchev–Trinajstić information content (AvgIpc) is 3.31. The number of methoxy groups -OCH3 is 1. The second-order valence-electron chi connectivity index (χ2n) is 9.66. The van der Waals surface area contributed by atoms with Crippen molar-refractivity contribution in [2.45, 2.75) is 42.9 Å². The molecule has 9 heteroatoms. The van der Waals surface area contributed by atoms with E-state index >= 15 is 0 Å². The molecule has 2 N–H and O–H groups in total. The van der Waals surface area contributed by atoms with Crippen molar-refractivity contribution in [1.29, 1.82) is 0 Å². The van der Waals surface area contributed by atoms with E-state index in [1.165, 1.54) is 6.26 Å². The van der Waals surface area contributed by atoms with Crippen molar-refractivity contribution in [2.24, 2.45) is 0 Å². The van der Waals surface area contributed by atoms with Gasteiger partial charge in [0.05, 0.1) is 18.0 Å². The molecule has 1 aliphatic heterocycles. The van der Waals surface area contributed by atoms with Gasteiger partial charge in [0.1, 0.15) is 5.75 Å². The van der Waals surface area contributed by atoms with Gasteiger partial charge in [-0.25, -0.2) is 8.42 Å². The van der Waals surface area contributed by atoms with Crippen molar-refractivity contribution in [3.63, 3.8) is 0 Å². The Balaban J connectivity index is 1.37. The van der Waals surface area contributed by atoms with Gasteiger partial charge in [-0.1, -0.05) is 54.1 Å². The molecule has 0 bridgehead atoms. The molecular formula is C29H34ClN3O4S. The Morgan fingerprint density at radius 3 is 2.37 bits per heavy atom. The second-order valence-corrected chi connectivity index (χ2v) is 12.1. The van der Waals surface area contributed by atoms with Gasteiger partial charge in [-0.3, -0.25) is 9.69 Å². The predicted molar refractivity (Wildman–Crippen MR) is 150 cm³/mol. The fourth-order valence-corrected chi connectivity index (χ4v) is 5.53. The highest BCUT2D eigenvalue weighted by molar-refractivity contribution is 7.90. The lowest BCUT2D eigenvalue weighted by Gasteiger charge is -2.24. The largest absolute Gasteiger partial charge is 0.497 e. The zero-order valence-electron chi connectivity index (χ0n) is 21.7. The number of sulfone groups is 1. The van der Waals surface area contributed by atoms with E-state index in [0.29, 0.717) is 42.4 Å². The summed E-state index contributed by atoms with van der Waals surface area (Å²) in [6.45, 7) is 2.49. The van der Waals surface area contributed by atoms with Gasteiger partial charge in [-0.15, -0.1) is 0 Å². The number of nitrogens with zero attached hydrogens (tertiary/aromatic N) is 1. The topological polar surface area (TPSA) is 87.7 Å². The van der Waals surface area contributed by atoms with Crippen LogP contribution in [-0.4, -0.2) is 57.8 Å². The number of carbonyl (C=O) groups is 1. The molecule has 1 aliphatic rings. The molecule has 3 aromatic rings. The molecule has 2 atom stereocenters. The summed E-state index contributed by atoms with van der Waals surface area (Å²) < 4.78 is 28.6. The lowest BCUT2D eigenvalue weighted by atomic mass is 10.1. The van der Waals surface area contributed by atoms with E-state index in [4.69, 9.17) is 16.3 Å². The Labute approximate surface area is 230 Å². The van der Waals surface area contributed by atoms with Crippen LogP contribution in [0.25, 0.3) is 0 Å². The second kappa shape index (κ2) is 12.8. The Kier molecular flexibility index (Phi) is 9.44. The molecule has 1 heterocycles. The third-order valence-corrected chi connectivity index (χ3v) is 8.35. The van der Waals surface area contributed by atoms with Crippen LogP contribution in [0.2, 0.25) is 5.02 Å². The number of halogens is 1. The van der Waals surface area contributed by atoms with Crippen LogP contribution in [0.3, 0.4) is 0 Å². The first-order valence-electron chi connectivity index (χ1n) is 12.6. The van der Waals surface area contributed by atoms with E-state index in [0.717, 1.165) is 29.0 Å². The molecule has 0 radical (unpaired) electrons. The fraction of sp³-hybridized carbons (Fsp3) is 0.345. The predicted octanol–water partition coefficient (Wildman–Crippen LogP) is 3.84. The SMILES string of the molecule is COc1ccc(CN[C@H]2C[C@@H](C(=O)NCCc3ccc(S(C)(=O)=O)cc3)N(Cc3ccccc3Cl)C2)cc1. The van der Waals surface area contributed by atoms with Crippen molar-refractivity contribution >= 4 is 27.3 Å². The highest BCUT2D eigenvalue weighted by Gasteiger charge is 2.36. The number of likely N-dealkylation sites (tertiary alicyclic amines) is 1. The number of hydrogen-bond acceptors (Lipinski definition) is 6. The van der Waals surface area contributed by atoms with Gasteiger partial charge in [0.2, 0.25) is 5.91 Å². The molecule has 1 amide bonds. The Morgan fingerprint density at radius 1 is 1.03 bits per heavy atom. The maximum Gasteiger partial charge on any atom is 0.237 e. The molecule has 4 rings (SSSR count). The number of hydrogen-bond donors (Lipinski definition) is 2. The summed E-state index contributed by atoms with van der Waals surface area (Å²) in [6, 6.07) is 22.4. The van der Waals surface area contributed by atoms with Gasteiger partial charge in [-0.2, -0.15) is 0 Å². The highest BCUT2D eigenvalue weighted by atomic mass is 35.5. The van der Waals surface area contributed by atoms with E-state index in [-0.39, 0.29) is 18.0 Å². The van der Waals surface area contributed by atoms with Gasteiger partial charge in [0.25, 0.3) is 0 Å². The summed E-state index contributed by atoms with van der Waals surface area (Å²) in [4.78, 5) is 15.8. The van der Waals surface area contributed by atoms with E-state index in [1.807, 2.05) is 48.5 Å². The minimum absolute atomic E-state index is 0.0152. The molecule has 3 aromatic carbocycles. The molecule has 38 heavy (non-hydrogen) atoms. The maximum atomic E-state index is 13.3. The first-order chi connectivity index (χ1) is 18.2. The zero-order chi connectivity index (χ0) is 27.1. The van der Waals surface area contributed by atoms with E-state index in [9.17, 15) is 13.2 Å².